The number of carboxylic acid groups (broad SMARTS) is 2. The minimum Gasteiger partial charge on any atom is -0.478 e. The van der Waals surface area contributed by atoms with E-state index in [-0.39, 0.29) is 11.1 Å². The lowest BCUT2D eigenvalue weighted by Gasteiger charge is -2.10. The van der Waals surface area contributed by atoms with Gasteiger partial charge >= 0.3 is 11.9 Å². The van der Waals surface area contributed by atoms with Gasteiger partial charge in [-0.25, -0.2) is 9.59 Å². The molecule has 0 unspecified atom stereocenters. The van der Waals surface area contributed by atoms with E-state index in [0.717, 1.165) is 10.8 Å². The Bertz CT molecular complexity index is 612. The van der Waals surface area contributed by atoms with Crippen molar-refractivity contribution in [3.63, 3.8) is 0 Å². The van der Waals surface area contributed by atoms with Crippen LogP contribution in [0.15, 0.2) is 24.3 Å². The Labute approximate surface area is 103 Å². The number of aromatic carboxylic acids is 2. The van der Waals surface area contributed by atoms with Gasteiger partial charge in [0.15, 0.2) is 0 Å². The van der Waals surface area contributed by atoms with Gasteiger partial charge in [-0.1, -0.05) is 12.1 Å². The molecule has 0 fully saturated rings. The highest BCUT2D eigenvalue weighted by atomic mass is 16.4. The molecule has 2 rings (SSSR count). The smallest absolute Gasteiger partial charge is 0.335 e. The summed E-state index contributed by atoms with van der Waals surface area (Å²) in [6.45, 7) is 3.46. The van der Waals surface area contributed by atoms with E-state index in [1.807, 2.05) is 0 Å². The van der Waals surface area contributed by atoms with Gasteiger partial charge in [0.25, 0.3) is 0 Å². The number of carbonyl (C=O) groups is 2. The number of hydrogen-bond acceptors (Lipinski definition) is 2. The molecule has 0 spiro atoms. The van der Waals surface area contributed by atoms with Gasteiger partial charge in [0, 0.05) is 0 Å². The molecule has 0 aromatic heterocycles. The third-order valence-corrected chi connectivity index (χ3v) is 3.20. The van der Waals surface area contributed by atoms with Crippen LogP contribution in [0.2, 0.25) is 0 Å². The minimum atomic E-state index is -0.977. The molecule has 2 aromatic rings. The molecule has 0 atom stereocenters. The van der Waals surface area contributed by atoms with E-state index in [4.69, 9.17) is 10.2 Å². The molecule has 2 N–H and O–H groups in total. The summed E-state index contributed by atoms with van der Waals surface area (Å²) in [5, 5.41) is 19.6. The van der Waals surface area contributed by atoms with Crippen LogP contribution in [0, 0.1) is 13.8 Å². The predicted molar refractivity (Wildman–Crippen MR) is 67.3 cm³/mol. The number of hydrogen-bond donors (Lipinski definition) is 2. The van der Waals surface area contributed by atoms with Gasteiger partial charge in [0.05, 0.1) is 11.1 Å². The maximum absolute atomic E-state index is 11.0. The Morgan fingerprint density at radius 2 is 1.11 bits per heavy atom. The van der Waals surface area contributed by atoms with Crippen molar-refractivity contribution in [2.75, 3.05) is 0 Å². The molecule has 0 aliphatic heterocycles. The van der Waals surface area contributed by atoms with Crippen molar-refractivity contribution in [2.24, 2.45) is 0 Å². The molecule has 0 aliphatic rings. The fourth-order valence-corrected chi connectivity index (χ4v) is 2.17. The van der Waals surface area contributed by atoms with Crippen LogP contribution in [0.4, 0.5) is 0 Å². The van der Waals surface area contributed by atoms with E-state index in [2.05, 4.69) is 0 Å². The van der Waals surface area contributed by atoms with Crippen LogP contribution < -0.4 is 0 Å². The minimum absolute atomic E-state index is 0.241. The topological polar surface area (TPSA) is 74.6 Å². The van der Waals surface area contributed by atoms with E-state index in [9.17, 15) is 9.59 Å². The van der Waals surface area contributed by atoms with Gasteiger partial charge in [-0.05, 0) is 47.9 Å². The normalized spacial score (nSPS) is 10.6. The molecule has 0 saturated heterocycles. The van der Waals surface area contributed by atoms with Gasteiger partial charge in [-0.2, -0.15) is 0 Å². The number of rotatable bonds is 2. The highest BCUT2D eigenvalue weighted by molar-refractivity contribution is 6.02. The molecule has 18 heavy (non-hydrogen) atoms. The van der Waals surface area contributed by atoms with Crippen LogP contribution in [0.25, 0.3) is 10.8 Å². The first kappa shape index (κ1) is 12.1. The Hall–Kier alpha value is -2.36. The number of aryl methyl sites for hydroxylation is 2. The first-order valence-electron chi connectivity index (χ1n) is 5.43. The van der Waals surface area contributed by atoms with Gasteiger partial charge in [0.1, 0.15) is 0 Å². The van der Waals surface area contributed by atoms with Crippen LogP contribution >= 0.6 is 0 Å². The number of benzene rings is 2. The highest BCUT2D eigenvalue weighted by Crippen LogP contribution is 2.27. The summed E-state index contributed by atoms with van der Waals surface area (Å²) in [6.07, 6.45) is 0. The Morgan fingerprint density at radius 3 is 1.39 bits per heavy atom. The summed E-state index contributed by atoms with van der Waals surface area (Å²) < 4.78 is 0. The summed E-state index contributed by atoms with van der Waals surface area (Å²) in [7, 11) is 0. The van der Waals surface area contributed by atoms with E-state index < -0.39 is 11.9 Å². The first-order chi connectivity index (χ1) is 8.43. The summed E-state index contributed by atoms with van der Waals surface area (Å²) in [6, 6.07) is 6.35. The SMILES string of the molecule is Cc1c(C(=O)O)ccc2c(C)c(C(=O)O)ccc12. The molecule has 0 saturated carbocycles. The molecule has 2 aromatic carbocycles. The Kier molecular flexibility index (Phi) is 2.79. The molecule has 0 heterocycles. The van der Waals surface area contributed by atoms with Gasteiger partial charge in [-0.15, -0.1) is 0 Å². The van der Waals surface area contributed by atoms with Crippen LogP contribution in [-0.4, -0.2) is 22.2 Å². The second kappa shape index (κ2) is 4.14. The zero-order valence-corrected chi connectivity index (χ0v) is 10.0. The molecule has 4 heteroatoms. The van der Waals surface area contributed by atoms with Crippen molar-refractivity contribution in [3.8, 4) is 0 Å². The average molecular weight is 244 g/mol. The van der Waals surface area contributed by atoms with Crippen molar-refractivity contribution < 1.29 is 19.8 Å². The van der Waals surface area contributed by atoms with E-state index in [1.54, 1.807) is 26.0 Å². The third kappa shape index (κ3) is 1.72. The van der Waals surface area contributed by atoms with E-state index >= 15 is 0 Å². The standard InChI is InChI=1S/C14H12O4/c1-7-9-3-6-12(14(17)18)8(2)10(9)4-5-11(7)13(15)16/h3-6H,1-2H3,(H,15,16)(H,17,18). The molecule has 4 nitrogen and oxygen atoms in total. The van der Waals surface area contributed by atoms with Crippen molar-refractivity contribution in [1.29, 1.82) is 0 Å². The van der Waals surface area contributed by atoms with Crippen LogP contribution in [0.5, 0.6) is 0 Å². The quantitative estimate of drug-likeness (QED) is 0.851. The largest absolute Gasteiger partial charge is 0.478 e. The summed E-state index contributed by atoms with van der Waals surface area (Å²) in [4.78, 5) is 22.1. The summed E-state index contributed by atoms with van der Waals surface area (Å²) in [5.74, 6) is -1.95. The first-order valence-corrected chi connectivity index (χ1v) is 5.43. The number of fused-ring (bicyclic) bond motifs is 1. The summed E-state index contributed by atoms with van der Waals surface area (Å²) in [5.41, 5.74) is 1.79. The second-order valence-corrected chi connectivity index (χ2v) is 4.18. The predicted octanol–water partition coefficient (Wildman–Crippen LogP) is 2.85. The molecule has 0 radical (unpaired) electrons. The van der Waals surface area contributed by atoms with Gasteiger partial charge < -0.3 is 10.2 Å². The lowest BCUT2D eigenvalue weighted by Crippen LogP contribution is -2.03. The van der Waals surface area contributed by atoms with Crippen molar-refractivity contribution in [1.82, 2.24) is 0 Å². The van der Waals surface area contributed by atoms with Gasteiger partial charge in [-0.3, -0.25) is 0 Å². The Balaban J connectivity index is 2.83. The molecule has 92 valence electrons. The molecular weight excluding hydrogens is 232 g/mol. The highest BCUT2D eigenvalue weighted by Gasteiger charge is 2.14. The fourth-order valence-electron chi connectivity index (χ4n) is 2.17. The third-order valence-electron chi connectivity index (χ3n) is 3.20. The van der Waals surface area contributed by atoms with Crippen LogP contribution in [0.3, 0.4) is 0 Å². The molecule has 0 aliphatic carbocycles. The summed E-state index contributed by atoms with van der Waals surface area (Å²) >= 11 is 0. The molecular formula is C14H12O4. The zero-order valence-electron chi connectivity index (χ0n) is 10.0. The Morgan fingerprint density at radius 1 is 0.778 bits per heavy atom. The van der Waals surface area contributed by atoms with Crippen LogP contribution in [0.1, 0.15) is 31.8 Å². The lowest BCUT2D eigenvalue weighted by molar-refractivity contribution is 0.0685. The fraction of sp³-hybridized carbons (Fsp3) is 0.143. The van der Waals surface area contributed by atoms with E-state index in [0.29, 0.717) is 11.1 Å². The zero-order chi connectivity index (χ0) is 13.4. The molecule has 0 amide bonds. The van der Waals surface area contributed by atoms with Gasteiger partial charge in [0.2, 0.25) is 0 Å². The average Bonchev–Trinajstić information content (AvgIpc) is 2.29. The van der Waals surface area contributed by atoms with E-state index in [1.165, 1.54) is 12.1 Å². The molecule has 0 bridgehead atoms. The maximum atomic E-state index is 11.0. The van der Waals surface area contributed by atoms with Crippen molar-refractivity contribution in [2.45, 2.75) is 13.8 Å². The lowest BCUT2D eigenvalue weighted by atomic mass is 9.94. The maximum Gasteiger partial charge on any atom is 0.335 e. The van der Waals surface area contributed by atoms with Crippen molar-refractivity contribution >= 4 is 22.7 Å². The number of carboxylic acids is 2. The monoisotopic (exact) mass is 244 g/mol. The second-order valence-electron chi connectivity index (χ2n) is 4.18. The van der Waals surface area contributed by atoms with Crippen LogP contribution in [-0.2, 0) is 0 Å². The van der Waals surface area contributed by atoms with Crippen molar-refractivity contribution in [3.05, 3.63) is 46.5 Å².